The number of hydrogen-bond donors (Lipinski definition) is 1. The van der Waals surface area contributed by atoms with Crippen LogP contribution < -0.4 is 10.2 Å². The Bertz CT molecular complexity index is 729. The van der Waals surface area contributed by atoms with Gasteiger partial charge in [0.2, 0.25) is 0 Å². The summed E-state index contributed by atoms with van der Waals surface area (Å²) in [4.78, 5) is 17.9. The summed E-state index contributed by atoms with van der Waals surface area (Å²) in [5, 5.41) is 2.79. The molecule has 1 N–H and O–H groups in total. The average Bonchev–Trinajstić information content (AvgIpc) is 2.59. The van der Waals surface area contributed by atoms with Gasteiger partial charge in [0.1, 0.15) is 5.82 Å². The summed E-state index contributed by atoms with van der Waals surface area (Å²) in [6.45, 7) is 5.58. The second kappa shape index (κ2) is 7.61. The van der Waals surface area contributed by atoms with Gasteiger partial charge in [-0.3, -0.25) is 9.78 Å². The molecule has 0 aliphatic carbocycles. The Morgan fingerprint density at radius 3 is 2.56 bits per heavy atom. The number of ether oxygens (including phenoxy) is 1. The van der Waals surface area contributed by atoms with Gasteiger partial charge in [-0.2, -0.15) is 0 Å². The number of nitrogens with one attached hydrogen (secondary N) is 1. The minimum Gasteiger partial charge on any atom is -0.372 e. The second-order valence-electron chi connectivity index (χ2n) is 6.37. The predicted molar refractivity (Wildman–Crippen MR) is 94.0 cm³/mol. The molecule has 0 bridgehead atoms. The number of morpholine rings is 1. The number of amides is 1. The lowest BCUT2D eigenvalue weighted by molar-refractivity contribution is -0.00539. The maximum absolute atomic E-state index is 14.5. The molecule has 1 aromatic carbocycles. The summed E-state index contributed by atoms with van der Waals surface area (Å²) in [5.74, 6) is -0.486. The Hall–Kier alpha value is -2.47. The molecule has 5 nitrogen and oxygen atoms in total. The number of aromatic nitrogens is 1. The quantitative estimate of drug-likeness (QED) is 0.927. The Morgan fingerprint density at radius 1 is 1.24 bits per heavy atom. The Labute approximate surface area is 146 Å². The van der Waals surface area contributed by atoms with E-state index in [0.29, 0.717) is 24.3 Å². The molecule has 3 rings (SSSR count). The summed E-state index contributed by atoms with van der Waals surface area (Å²) in [6.07, 6.45) is 3.27. The maximum Gasteiger partial charge on any atom is 0.251 e. The fraction of sp³-hybridized carbons (Fsp3) is 0.368. The topological polar surface area (TPSA) is 54.5 Å². The van der Waals surface area contributed by atoms with Crippen LogP contribution in [-0.4, -0.2) is 36.2 Å². The van der Waals surface area contributed by atoms with E-state index in [-0.39, 0.29) is 30.5 Å². The Kier molecular flexibility index (Phi) is 5.28. The lowest BCUT2D eigenvalue weighted by Gasteiger charge is -2.37. The van der Waals surface area contributed by atoms with Crippen LogP contribution in [0.4, 0.5) is 10.1 Å². The molecule has 0 spiro atoms. The summed E-state index contributed by atoms with van der Waals surface area (Å²) < 4.78 is 20.2. The zero-order chi connectivity index (χ0) is 17.8. The molecule has 132 valence electrons. The Balaban J connectivity index is 1.65. The van der Waals surface area contributed by atoms with Crippen molar-refractivity contribution in [3.63, 3.8) is 0 Å². The molecule has 6 heteroatoms. The summed E-state index contributed by atoms with van der Waals surface area (Å²) in [7, 11) is 0. The van der Waals surface area contributed by atoms with Crippen molar-refractivity contribution in [2.24, 2.45) is 0 Å². The smallest absolute Gasteiger partial charge is 0.251 e. The first-order valence-electron chi connectivity index (χ1n) is 8.40. The molecule has 1 saturated heterocycles. The largest absolute Gasteiger partial charge is 0.372 e. The van der Waals surface area contributed by atoms with Crippen LogP contribution >= 0.6 is 0 Å². The first-order chi connectivity index (χ1) is 12.0. The predicted octanol–water partition coefficient (Wildman–Crippen LogP) is 2.76. The van der Waals surface area contributed by atoms with E-state index < -0.39 is 0 Å². The van der Waals surface area contributed by atoms with Crippen LogP contribution in [0.15, 0.2) is 42.7 Å². The van der Waals surface area contributed by atoms with E-state index in [0.717, 1.165) is 5.56 Å². The van der Waals surface area contributed by atoms with E-state index in [1.54, 1.807) is 30.6 Å². The molecule has 2 heterocycles. The highest BCUT2D eigenvalue weighted by molar-refractivity contribution is 5.93. The van der Waals surface area contributed by atoms with Crippen molar-refractivity contribution in [1.82, 2.24) is 10.3 Å². The first-order valence-corrected chi connectivity index (χ1v) is 8.40. The van der Waals surface area contributed by atoms with E-state index >= 15 is 0 Å². The van der Waals surface area contributed by atoms with Gasteiger partial charge in [0.15, 0.2) is 0 Å². The summed E-state index contributed by atoms with van der Waals surface area (Å²) in [6, 6.07) is 8.37. The molecule has 2 atom stereocenters. The number of pyridine rings is 1. The number of rotatable bonds is 4. The molecule has 1 aromatic heterocycles. The standard InChI is InChI=1S/C19H22FN3O2/c1-13-11-23(12-14(2)25-13)18-4-3-15(9-17(18)20)10-22-19(24)16-5-7-21-8-6-16/h3-9,13-14H,10-12H2,1-2H3,(H,22,24)/t13-,14-/m1/s1. The zero-order valence-corrected chi connectivity index (χ0v) is 14.4. The summed E-state index contributed by atoms with van der Waals surface area (Å²) in [5.41, 5.74) is 1.83. The highest BCUT2D eigenvalue weighted by Gasteiger charge is 2.24. The van der Waals surface area contributed by atoms with Gasteiger partial charge >= 0.3 is 0 Å². The Morgan fingerprint density at radius 2 is 1.92 bits per heavy atom. The van der Waals surface area contributed by atoms with Crippen LogP contribution in [0.25, 0.3) is 0 Å². The number of anilines is 1. The minimum absolute atomic E-state index is 0.0717. The van der Waals surface area contributed by atoms with Crippen LogP contribution in [0.1, 0.15) is 29.8 Å². The molecule has 1 aliphatic rings. The van der Waals surface area contributed by atoms with Crippen molar-refractivity contribution in [3.8, 4) is 0 Å². The van der Waals surface area contributed by atoms with Gasteiger partial charge in [0, 0.05) is 37.6 Å². The van der Waals surface area contributed by atoms with Crippen LogP contribution in [0, 0.1) is 5.82 Å². The lowest BCUT2D eigenvalue weighted by atomic mass is 10.1. The number of carbonyl (C=O) groups is 1. The number of benzene rings is 1. The fourth-order valence-corrected chi connectivity index (χ4v) is 3.08. The van der Waals surface area contributed by atoms with Crippen molar-refractivity contribution in [3.05, 3.63) is 59.7 Å². The lowest BCUT2D eigenvalue weighted by Crippen LogP contribution is -2.45. The van der Waals surface area contributed by atoms with Crippen LogP contribution in [-0.2, 0) is 11.3 Å². The molecule has 2 aromatic rings. The SMILES string of the molecule is C[C@@H]1CN(c2ccc(CNC(=O)c3ccncc3)cc2F)C[C@@H](C)O1. The third-order valence-corrected chi connectivity index (χ3v) is 4.17. The van der Waals surface area contributed by atoms with Gasteiger partial charge < -0.3 is 15.0 Å². The van der Waals surface area contributed by atoms with Gasteiger partial charge in [-0.05, 0) is 43.7 Å². The monoisotopic (exact) mass is 343 g/mol. The number of hydrogen-bond acceptors (Lipinski definition) is 4. The third-order valence-electron chi connectivity index (χ3n) is 4.17. The van der Waals surface area contributed by atoms with Gasteiger partial charge in [-0.25, -0.2) is 4.39 Å². The number of nitrogens with zero attached hydrogens (tertiary/aromatic N) is 2. The summed E-state index contributed by atoms with van der Waals surface area (Å²) >= 11 is 0. The molecular formula is C19H22FN3O2. The molecule has 1 fully saturated rings. The fourth-order valence-electron chi connectivity index (χ4n) is 3.08. The highest BCUT2D eigenvalue weighted by Crippen LogP contribution is 2.24. The van der Waals surface area contributed by atoms with Crippen molar-refractivity contribution in [2.75, 3.05) is 18.0 Å². The molecule has 25 heavy (non-hydrogen) atoms. The molecule has 0 unspecified atom stereocenters. The van der Waals surface area contributed by atoms with Crippen LogP contribution in [0.3, 0.4) is 0 Å². The van der Waals surface area contributed by atoms with Gasteiger partial charge in [0.25, 0.3) is 5.91 Å². The molecule has 1 amide bonds. The number of carbonyl (C=O) groups excluding carboxylic acids is 1. The molecule has 0 saturated carbocycles. The first kappa shape index (κ1) is 17.4. The highest BCUT2D eigenvalue weighted by atomic mass is 19.1. The van der Waals surface area contributed by atoms with Gasteiger partial charge in [-0.15, -0.1) is 0 Å². The van der Waals surface area contributed by atoms with E-state index in [1.165, 1.54) is 6.07 Å². The molecule has 0 radical (unpaired) electrons. The van der Waals surface area contributed by atoms with Crippen LogP contribution in [0.2, 0.25) is 0 Å². The second-order valence-corrected chi connectivity index (χ2v) is 6.37. The zero-order valence-electron chi connectivity index (χ0n) is 14.4. The third kappa shape index (κ3) is 4.33. The van der Waals surface area contributed by atoms with Gasteiger partial charge in [0.05, 0.1) is 17.9 Å². The van der Waals surface area contributed by atoms with Crippen molar-refractivity contribution < 1.29 is 13.9 Å². The van der Waals surface area contributed by atoms with E-state index in [9.17, 15) is 9.18 Å². The minimum atomic E-state index is -0.281. The van der Waals surface area contributed by atoms with E-state index in [1.807, 2.05) is 24.8 Å². The maximum atomic E-state index is 14.5. The normalized spacial score (nSPS) is 20.4. The number of halogens is 1. The van der Waals surface area contributed by atoms with Crippen molar-refractivity contribution in [1.29, 1.82) is 0 Å². The van der Waals surface area contributed by atoms with Crippen molar-refractivity contribution >= 4 is 11.6 Å². The van der Waals surface area contributed by atoms with Gasteiger partial charge in [-0.1, -0.05) is 6.07 Å². The van der Waals surface area contributed by atoms with E-state index in [2.05, 4.69) is 10.3 Å². The van der Waals surface area contributed by atoms with Crippen molar-refractivity contribution in [2.45, 2.75) is 32.6 Å². The van der Waals surface area contributed by atoms with E-state index in [4.69, 9.17) is 4.74 Å². The molecular weight excluding hydrogens is 321 g/mol. The average molecular weight is 343 g/mol. The molecule has 1 aliphatic heterocycles. The van der Waals surface area contributed by atoms with Crippen LogP contribution in [0.5, 0.6) is 0 Å².